The minimum Gasteiger partial charge on any atom is -1.00 e. The molecule has 0 aliphatic heterocycles. The zero-order valence-corrected chi connectivity index (χ0v) is 22.1. The Hall–Kier alpha value is -1.58. The van der Waals surface area contributed by atoms with E-state index >= 15 is 0 Å². The molecule has 0 aromatic heterocycles. The quantitative estimate of drug-likeness (QED) is 0.201. The Bertz CT molecular complexity index is 780. The Morgan fingerprint density at radius 1 is 0.697 bits per heavy atom. The van der Waals surface area contributed by atoms with Gasteiger partial charge in [-0.05, 0) is 44.2 Å². The molecule has 0 aliphatic carbocycles. The van der Waals surface area contributed by atoms with Gasteiger partial charge < -0.3 is 17.1 Å². The third kappa shape index (κ3) is 10.1. The van der Waals surface area contributed by atoms with Crippen molar-refractivity contribution in [2.75, 3.05) is 19.7 Å². The first-order valence-electron chi connectivity index (χ1n) is 13.3. The first-order valence-corrected chi connectivity index (χ1v) is 13.3. The minimum absolute atomic E-state index is 0. The molecule has 0 unspecified atom stereocenters. The summed E-state index contributed by atoms with van der Waals surface area (Å²) in [6, 6.07) is 12.7. The molecule has 0 spiro atoms. The fourth-order valence-electron chi connectivity index (χ4n) is 4.42. The molecule has 3 nitrogen and oxygen atoms in total. The Morgan fingerprint density at radius 3 is 1.82 bits per heavy atom. The molecule has 2 rings (SSSR count). The molecular formula is C29H47ClN2O. The molecule has 2 aromatic rings. The zero-order valence-electron chi connectivity index (χ0n) is 21.4. The van der Waals surface area contributed by atoms with Crippen LogP contribution in [0.2, 0.25) is 0 Å². The van der Waals surface area contributed by atoms with Crippen molar-refractivity contribution in [1.29, 1.82) is 5.41 Å². The van der Waals surface area contributed by atoms with Gasteiger partial charge in [0.15, 0.2) is 0 Å². The molecule has 33 heavy (non-hydrogen) atoms. The van der Waals surface area contributed by atoms with E-state index in [0.29, 0.717) is 0 Å². The number of unbranched alkanes of at least 4 members (excludes halogenated alkanes) is 9. The number of nitrogens with one attached hydrogen (secondary N) is 2. The summed E-state index contributed by atoms with van der Waals surface area (Å²) in [5.74, 6) is 1.71. The van der Waals surface area contributed by atoms with E-state index in [1.807, 2.05) is 0 Å². The number of hydrogen-bond acceptors (Lipinski definition) is 2. The largest absolute Gasteiger partial charge is 1.00 e. The number of fused-ring (bicyclic) bond motifs is 1. The second-order valence-electron chi connectivity index (χ2n) is 9.17. The molecule has 0 heterocycles. The summed E-state index contributed by atoms with van der Waals surface area (Å²) >= 11 is 0. The molecule has 0 bridgehead atoms. The van der Waals surface area contributed by atoms with Crippen LogP contribution in [0.3, 0.4) is 0 Å². The minimum atomic E-state index is 0. The lowest BCUT2D eigenvalue weighted by atomic mass is 10.0. The zero-order chi connectivity index (χ0) is 23.0. The third-order valence-corrected chi connectivity index (χ3v) is 6.43. The highest BCUT2D eigenvalue weighted by Crippen LogP contribution is 2.28. The first kappa shape index (κ1) is 29.5. The molecular weight excluding hydrogens is 428 g/mol. The highest BCUT2D eigenvalue weighted by Gasteiger charge is 2.20. The molecule has 4 heteroatoms. The van der Waals surface area contributed by atoms with Crippen LogP contribution in [-0.4, -0.2) is 25.5 Å². The third-order valence-electron chi connectivity index (χ3n) is 6.43. The molecule has 0 radical (unpaired) electrons. The maximum absolute atomic E-state index is 9.14. The van der Waals surface area contributed by atoms with Gasteiger partial charge in [-0.3, -0.25) is 10.3 Å². The van der Waals surface area contributed by atoms with Crippen molar-refractivity contribution in [3.63, 3.8) is 0 Å². The van der Waals surface area contributed by atoms with Gasteiger partial charge in [-0.2, -0.15) is 0 Å². The number of rotatable bonds is 17. The lowest BCUT2D eigenvalue weighted by Crippen LogP contribution is -3.14. The normalized spacial score (nSPS) is 11.0. The maximum atomic E-state index is 9.14. The van der Waals surface area contributed by atoms with E-state index < -0.39 is 0 Å². The average molecular weight is 475 g/mol. The predicted octanol–water partition coefficient (Wildman–Crippen LogP) is 4.17. The van der Waals surface area contributed by atoms with Crippen molar-refractivity contribution in [3.8, 4) is 5.75 Å². The van der Waals surface area contributed by atoms with Crippen LogP contribution in [-0.2, 0) is 0 Å². The topological polar surface area (TPSA) is 37.5 Å². The predicted molar refractivity (Wildman–Crippen MR) is 139 cm³/mol. The second kappa shape index (κ2) is 17.8. The van der Waals surface area contributed by atoms with Crippen LogP contribution < -0.4 is 22.0 Å². The molecule has 0 amide bonds. The van der Waals surface area contributed by atoms with Crippen molar-refractivity contribution in [1.82, 2.24) is 0 Å². The molecule has 2 aromatic carbocycles. The highest BCUT2D eigenvalue weighted by molar-refractivity contribution is 6.06. The molecule has 0 saturated heterocycles. The monoisotopic (exact) mass is 474 g/mol. The Balaban J connectivity index is 0.00000544. The molecule has 2 N–H and O–H groups in total. The smallest absolute Gasteiger partial charge is 0.226 e. The number of amidine groups is 1. The van der Waals surface area contributed by atoms with Gasteiger partial charge in [0.1, 0.15) is 5.75 Å². The van der Waals surface area contributed by atoms with Crippen molar-refractivity contribution >= 4 is 16.6 Å². The molecule has 0 atom stereocenters. The van der Waals surface area contributed by atoms with Crippen LogP contribution in [0.5, 0.6) is 5.75 Å². The van der Waals surface area contributed by atoms with Gasteiger partial charge in [-0.15, -0.1) is 0 Å². The average Bonchev–Trinajstić information content (AvgIpc) is 2.82. The second-order valence-corrected chi connectivity index (χ2v) is 9.17. The fraction of sp³-hybridized carbons (Fsp3) is 0.621. The number of ether oxygens (including phenoxy) is 1. The molecule has 0 saturated carbocycles. The number of benzene rings is 2. The van der Waals surface area contributed by atoms with E-state index in [0.717, 1.165) is 54.0 Å². The number of quaternary nitrogens is 1. The van der Waals surface area contributed by atoms with Crippen LogP contribution >= 0.6 is 0 Å². The standard InChI is InChI=1S/C29H46N2O.ClH/c1-4-7-10-15-22-31(23-16-11-8-5-2)29(30)27-20-21-28(32-24-17-12-9-6-3)26-19-14-13-18-25(26)27;/h13-14,18-21,30H,4-12,15-17,22-24H2,1-3H3;1H. The summed E-state index contributed by atoms with van der Waals surface area (Å²) in [6.07, 6.45) is 14.9. The lowest BCUT2D eigenvalue weighted by molar-refractivity contribution is -0.806. The first-order chi connectivity index (χ1) is 15.7. The lowest BCUT2D eigenvalue weighted by Gasteiger charge is -2.21. The van der Waals surface area contributed by atoms with Crippen LogP contribution in [0.1, 0.15) is 103 Å². The van der Waals surface area contributed by atoms with E-state index in [1.165, 1.54) is 75.5 Å². The van der Waals surface area contributed by atoms with Crippen LogP contribution in [0.15, 0.2) is 36.4 Å². The van der Waals surface area contributed by atoms with Crippen LogP contribution in [0.25, 0.3) is 10.8 Å². The Kier molecular flexibility index (Phi) is 15.9. The van der Waals surface area contributed by atoms with Gasteiger partial charge in [0, 0.05) is 10.8 Å². The SMILES string of the molecule is CCCCCCOc1ccc(C(=N)[NH+](CCCCCC)CCCCCC)c2ccccc12.[Cl-]. The van der Waals surface area contributed by atoms with Crippen molar-refractivity contribution in [3.05, 3.63) is 42.0 Å². The van der Waals surface area contributed by atoms with E-state index in [4.69, 9.17) is 10.1 Å². The summed E-state index contributed by atoms with van der Waals surface area (Å²) in [4.78, 5) is 1.34. The van der Waals surface area contributed by atoms with Gasteiger partial charge in [-0.1, -0.05) is 90.0 Å². The summed E-state index contributed by atoms with van der Waals surface area (Å²) in [6.45, 7) is 9.66. The fourth-order valence-corrected chi connectivity index (χ4v) is 4.42. The van der Waals surface area contributed by atoms with Crippen LogP contribution in [0, 0.1) is 5.41 Å². The van der Waals surface area contributed by atoms with Gasteiger partial charge in [0.25, 0.3) is 0 Å². The number of halogens is 1. The van der Waals surface area contributed by atoms with Crippen molar-refractivity contribution in [2.45, 2.75) is 97.8 Å². The summed E-state index contributed by atoms with van der Waals surface area (Å²) in [5.41, 5.74) is 1.07. The Morgan fingerprint density at radius 2 is 1.24 bits per heavy atom. The van der Waals surface area contributed by atoms with Gasteiger partial charge >= 0.3 is 0 Å². The van der Waals surface area contributed by atoms with E-state index in [2.05, 4.69) is 57.2 Å². The highest BCUT2D eigenvalue weighted by atomic mass is 35.5. The van der Waals surface area contributed by atoms with E-state index in [-0.39, 0.29) is 12.4 Å². The van der Waals surface area contributed by atoms with Gasteiger partial charge in [0.05, 0.1) is 25.3 Å². The van der Waals surface area contributed by atoms with E-state index in [9.17, 15) is 0 Å². The number of hydrogen-bond donors (Lipinski definition) is 2. The van der Waals surface area contributed by atoms with Crippen molar-refractivity contribution < 1.29 is 22.0 Å². The van der Waals surface area contributed by atoms with Gasteiger partial charge in [-0.25, -0.2) is 0 Å². The van der Waals surface area contributed by atoms with Crippen molar-refractivity contribution in [2.24, 2.45) is 0 Å². The maximum Gasteiger partial charge on any atom is 0.226 e. The van der Waals surface area contributed by atoms with Crippen LogP contribution in [0.4, 0.5) is 0 Å². The summed E-state index contributed by atoms with van der Waals surface area (Å²) in [7, 11) is 0. The van der Waals surface area contributed by atoms with Gasteiger partial charge in [0.2, 0.25) is 5.84 Å². The molecule has 0 fully saturated rings. The Labute approximate surface area is 209 Å². The summed E-state index contributed by atoms with van der Waals surface area (Å²) < 4.78 is 6.17. The molecule has 0 aliphatic rings. The molecule has 186 valence electrons. The summed E-state index contributed by atoms with van der Waals surface area (Å²) in [5, 5.41) is 11.4. The van der Waals surface area contributed by atoms with E-state index in [1.54, 1.807) is 0 Å².